The standard InChI is InChI=1S/C22H31N5O/c1-3-9-25(10-4-1)19-17-21(27-13-15-28-16-14-27)24-22-18(19)7-8-20(23-22)26-11-5-2-6-12-26/h7-8,17H,1-6,9-16H2. The number of ether oxygens (including phenoxy) is 1. The van der Waals surface area contributed by atoms with E-state index >= 15 is 0 Å². The third kappa shape index (κ3) is 3.62. The summed E-state index contributed by atoms with van der Waals surface area (Å²) in [5.41, 5.74) is 2.21. The number of fused-ring (bicyclic) bond motifs is 1. The molecule has 5 rings (SSSR count). The summed E-state index contributed by atoms with van der Waals surface area (Å²) >= 11 is 0. The van der Waals surface area contributed by atoms with Gasteiger partial charge in [0.2, 0.25) is 0 Å². The largest absolute Gasteiger partial charge is 0.378 e. The molecule has 0 spiro atoms. The van der Waals surface area contributed by atoms with Gasteiger partial charge in [-0.15, -0.1) is 0 Å². The lowest BCUT2D eigenvalue weighted by molar-refractivity contribution is 0.122. The molecule has 6 heteroatoms. The van der Waals surface area contributed by atoms with E-state index in [2.05, 4.69) is 32.9 Å². The summed E-state index contributed by atoms with van der Waals surface area (Å²) < 4.78 is 5.55. The second kappa shape index (κ2) is 8.11. The lowest BCUT2D eigenvalue weighted by Gasteiger charge is -2.33. The van der Waals surface area contributed by atoms with Gasteiger partial charge in [-0.3, -0.25) is 0 Å². The SMILES string of the molecule is c1cc2c(N3CCCCC3)cc(N3CCOCC3)nc2nc1N1CCCCC1. The molecule has 0 saturated carbocycles. The molecule has 0 N–H and O–H groups in total. The Labute approximate surface area is 167 Å². The molecule has 0 bridgehead atoms. The summed E-state index contributed by atoms with van der Waals surface area (Å²) in [5, 5.41) is 1.19. The van der Waals surface area contributed by atoms with Crippen LogP contribution in [0.4, 0.5) is 17.3 Å². The zero-order valence-corrected chi connectivity index (χ0v) is 16.8. The molecule has 5 heterocycles. The van der Waals surface area contributed by atoms with Gasteiger partial charge in [0.25, 0.3) is 0 Å². The van der Waals surface area contributed by atoms with Crippen molar-refractivity contribution >= 4 is 28.4 Å². The molecule has 3 fully saturated rings. The highest BCUT2D eigenvalue weighted by Crippen LogP contribution is 2.33. The second-order valence-corrected chi connectivity index (χ2v) is 8.24. The summed E-state index contributed by atoms with van der Waals surface area (Å²) in [7, 11) is 0. The van der Waals surface area contributed by atoms with E-state index in [1.165, 1.54) is 49.6 Å². The Morgan fingerprint density at radius 2 is 1.25 bits per heavy atom. The minimum Gasteiger partial charge on any atom is -0.378 e. The van der Waals surface area contributed by atoms with Gasteiger partial charge >= 0.3 is 0 Å². The minimum atomic E-state index is 0.778. The van der Waals surface area contributed by atoms with Crippen molar-refractivity contribution < 1.29 is 4.74 Å². The van der Waals surface area contributed by atoms with E-state index in [9.17, 15) is 0 Å². The van der Waals surface area contributed by atoms with Crippen LogP contribution in [0.2, 0.25) is 0 Å². The number of hydrogen-bond acceptors (Lipinski definition) is 6. The fourth-order valence-corrected chi connectivity index (χ4v) is 4.71. The number of aromatic nitrogens is 2. The number of piperidine rings is 2. The van der Waals surface area contributed by atoms with Crippen LogP contribution in [0.1, 0.15) is 38.5 Å². The highest BCUT2D eigenvalue weighted by Gasteiger charge is 2.21. The van der Waals surface area contributed by atoms with Gasteiger partial charge in [0.15, 0.2) is 5.65 Å². The van der Waals surface area contributed by atoms with Crippen molar-refractivity contribution in [1.82, 2.24) is 9.97 Å². The molecule has 0 radical (unpaired) electrons. The van der Waals surface area contributed by atoms with E-state index in [1.54, 1.807) is 0 Å². The fourth-order valence-electron chi connectivity index (χ4n) is 4.71. The Morgan fingerprint density at radius 3 is 1.96 bits per heavy atom. The number of rotatable bonds is 3. The number of anilines is 3. The molecule has 2 aromatic rings. The molecule has 0 amide bonds. The molecule has 0 aromatic carbocycles. The lowest BCUT2D eigenvalue weighted by atomic mass is 10.1. The van der Waals surface area contributed by atoms with E-state index in [4.69, 9.17) is 14.7 Å². The predicted molar refractivity (Wildman–Crippen MR) is 115 cm³/mol. The van der Waals surface area contributed by atoms with Crippen molar-refractivity contribution in [1.29, 1.82) is 0 Å². The van der Waals surface area contributed by atoms with Crippen LogP contribution in [-0.4, -0.2) is 62.5 Å². The van der Waals surface area contributed by atoms with E-state index in [0.29, 0.717) is 0 Å². The Balaban J connectivity index is 1.56. The molecule has 0 aliphatic carbocycles. The van der Waals surface area contributed by atoms with Gasteiger partial charge < -0.3 is 19.4 Å². The van der Waals surface area contributed by atoms with Crippen LogP contribution in [0.3, 0.4) is 0 Å². The van der Waals surface area contributed by atoms with Gasteiger partial charge in [-0.1, -0.05) is 0 Å². The maximum absolute atomic E-state index is 5.55. The molecular formula is C22H31N5O. The zero-order valence-electron chi connectivity index (χ0n) is 16.8. The molecule has 28 heavy (non-hydrogen) atoms. The van der Waals surface area contributed by atoms with E-state index in [1.807, 2.05) is 0 Å². The maximum atomic E-state index is 5.55. The Morgan fingerprint density at radius 1 is 0.643 bits per heavy atom. The molecule has 0 atom stereocenters. The molecule has 3 aliphatic rings. The molecular weight excluding hydrogens is 350 g/mol. The van der Waals surface area contributed by atoms with Crippen molar-refractivity contribution in [2.45, 2.75) is 38.5 Å². The van der Waals surface area contributed by atoms with Gasteiger partial charge in [-0.2, -0.15) is 0 Å². The maximum Gasteiger partial charge on any atom is 0.165 e. The van der Waals surface area contributed by atoms with Crippen LogP contribution >= 0.6 is 0 Å². The van der Waals surface area contributed by atoms with Gasteiger partial charge in [0.1, 0.15) is 11.6 Å². The minimum absolute atomic E-state index is 0.778. The Bertz CT molecular complexity index is 803. The summed E-state index contributed by atoms with van der Waals surface area (Å²) in [6.07, 6.45) is 7.75. The quantitative estimate of drug-likeness (QED) is 0.811. The van der Waals surface area contributed by atoms with Crippen molar-refractivity contribution in [2.24, 2.45) is 0 Å². The van der Waals surface area contributed by atoms with Gasteiger partial charge in [-0.25, -0.2) is 9.97 Å². The molecule has 3 saturated heterocycles. The summed E-state index contributed by atoms with van der Waals surface area (Å²) in [5.74, 6) is 2.14. The van der Waals surface area contributed by atoms with Crippen molar-refractivity contribution in [3.8, 4) is 0 Å². The van der Waals surface area contributed by atoms with Crippen LogP contribution in [0.5, 0.6) is 0 Å². The predicted octanol–water partition coefficient (Wildman–Crippen LogP) is 3.45. The first kappa shape index (κ1) is 18.0. The van der Waals surface area contributed by atoms with E-state index in [0.717, 1.165) is 69.8 Å². The third-order valence-electron chi connectivity index (χ3n) is 6.33. The molecule has 150 valence electrons. The van der Waals surface area contributed by atoms with Gasteiger partial charge in [0.05, 0.1) is 18.9 Å². The van der Waals surface area contributed by atoms with Crippen LogP contribution in [0.15, 0.2) is 18.2 Å². The van der Waals surface area contributed by atoms with Crippen molar-refractivity contribution in [2.75, 3.05) is 67.2 Å². The van der Waals surface area contributed by atoms with Gasteiger partial charge in [0, 0.05) is 50.7 Å². The van der Waals surface area contributed by atoms with Gasteiger partial charge in [-0.05, 0) is 50.7 Å². The van der Waals surface area contributed by atoms with Crippen molar-refractivity contribution in [3.05, 3.63) is 18.2 Å². The lowest BCUT2D eigenvalue weighted by Crippen LogP contribution is -2.37. The average molecular weight is 382 g/mol. The van der Waals surface area contributed by atoms with Crippen LogP contribution in [0.25, 0.3) is 11.0 Å². The number of nitrogens with zero attached hydrogens (tertiary/aromatic N) is 5. The monoisotopic (exact) mass is 381 g/mol. The third-order valence-corrected chi connectivity index (χ3v) is 6.33. The Hall–Kier alpha value is -2.08. The normalized spacial score (nSPS) is 21.4. The van der Waals surface area contributed by atoms with E-state index in [-0.39, 0.29) is 0 Å². The Kier molecular flexibility index (Phi) is 5.21. The number of hydrogen-bond donors (Lipinski definition) is 0. The first-order valence-electron chi connectivity index (χ1n) is 11.0. The molecule has 3 aliphatic heterocycles. The first-order valence-corrected chi connectivity index (χ1v) is 11.0. The molecule has 0 unspecified atom stereocenters. The van der Waals surface area contributed by atoms with Crippen LogP contribution in [0, 0.1) is 0 Å². The molecule has 6 nitrogen and oxygen atoms in total. The zero-order chi connectivity index (χ0) is 18.8. The summed E-state index contributed by atoms with van der Waals surface area (Å²) in [6, 6.07) is 6.75. The number of morpholine rings is 1. The van der Waals surface area contributed by atoms with Crippen molar-refractivity contribution in [3.63, 3.8) is 0 Å². The second-order valence-electron chi connectivity index (χ2n) is 8.24. The van der Waals surface area contributed by atoms with E-state index < -0.39 is 0 Å². The fraction of sp³-hybridized carbons (Fsp3) is 0.636. The highest BCUT2D eigenvalue weighted by molar-refractivity contribution is 5.92. The summed E-state index contributed by atoms with van der Waals surface area (Å²) in [6.45, 7) is 7.86. The average Bonchev–Trinajstić information content (AvgIpc) is 2.79. The number of pyridine rings is 2. The first-order chi connectivity index (χ1) is 13.9. The topological polar surface area (TPSA) is 44.7 Å². The summed E-state index contributed by atoms with van der Waals surface area (Å²) in [4.78, 5) is 17.4. The van der Waals surface area contributed by atoms with Crippen LogP contribution in [-0.2, 0) is 4.74 Å². The highest BCUT2D eigenvalue weighted by atomic mass is 16.5. The smallest absolute Gasteiger partial charge is 0.165 e. The molecule has 2 aromatic heterocycles. The van der Waals surface area contributed by atoms with Crippen LogP contribution < -0.4 is 14.7 Å².